The van der Waals surface area contributed by atoms with Crippen molar-refractivity contribution in [2.75, 3.05) is 4.81 Å². The average molecular weight is 774 g/mol. The summed E-state index contributed by atoms with van der Waals surface area (Å²) in [5.74, 6) is 2.15. The van der Waals surface area contributed by atoms with E-state index in [0.717, 1.165) is 61.6 Å². The van der Waals surface area contributed by atoms with Gasteiger partial charge in [0.1, 0.15) is 0 Å². The Morgan fingerprint density at radius 2 is 1.73 bits per heavy atom. The molecular weight excluding hydrogens is 738 g/mol. The van der Waals surface area contributed by atoms with Gasteiger partial charge in [-0.1, -0.05) is 13.3 Å². The first-order valence-electron chi connectivity index (χ1n) is 15.3. The molecule has 0 atom stereocenters. The van der Waals surface area contributed by atoms with E-state index in [9.17, 15) is 0 Å². The second-order valence-corrected chi connectivity index (χ2v) is 13.7. The fourth-order valence-electron chi connectivity index (χ4n) is 6.12. The third-order valence-corrected chi connectivity index (χ3v) is 9.70. The van der Waals surface area contributed by atoms with Crippen LogP contribution in [0.15, 0.2) is 79.1 Å². The SMILES string of the molecule is CCCB1N(c2cc(C)ccn2)c2[c-]c(Oc3[c-]c(-n4[c](=[Pt])n(C)c5ccccc54)cc(C(C)(C)C)c3)ccc2-c2ccnn21. The smallest absolute Gasteiger partial charge is 0.193 e. The van der Waals surface area contributed by atoms with Gasteiger partial charge >= 0.3 is 227 Å². The molecule has 7 nitrogen and oxygen atoms in total. The minimum atomic E-state index is -0.0995. The molecule has 4 heterocycles. The molecule has 0 amide bonds. The molecule has 45 heavy (non-hydrogen) atoms. The molecule has 6 aromatic rings. The molecule has 0 bridgehead atoms. The average Bonchev–Trinajstić information content (AvgIpc) is 3.60. The number of rotatable bonds is 6. The van der Waals surface area contributed by atoms with Gasteiger partial charge in [-0.05, 0) is 18.6 Å². The Morgan fingerprint density at radius 3 is 2.49 bits per heavy atom. The van der Waals surface area contributed by atoms with Gasteiger partial charge in [-0.25, -0.2) is 0 Å². The number of ether oxygens (including phenoxy) is 1. The van der Waals surface area contributed by atoms with Crippen LogP contribution in [0.5, 0.6) is 11.5 Å². The predicted molar refractivity (Wildman–Crippen MR) is 177 cm³/mol. The van der Waals surface area contributed by atoms with E-state index in [1.54, 1.807) is 0 Å². The summed E-state index contributed by atoms with van der Waals surface area (Å²) in [4.78, 5) is 7.05. The van der Waals surface area contributed by atoms with Crippen LogP contribution in [0.2, 0.25) is 6.32 Å². The molecular formula is C36H35BN6OPt-2. The Balaban J connectivity index is 1.37. The summed E-state index contributed by atoms with van der Waals surface area (Å²) in [6.45, 7) is 10.9. The van der Waals surface area contributed by atoms with E-state index >= 15 is 0 Å². The summed E-state index contributed by atoms with van der Waals surface area (Å²) in [6, 6.07) is 30.4. The van der Waals surface area contributed by atoms with Crippen molar-refractivity contribution in [1.82, 2.24) is 23.8 Å². The minimum absolute atomic E-state index is 0.0272. The topological polar surface area (TPSA) is 53.0 Å². The van der Waals surface area contributed by atoms with Crippen LogP contribution < -0.4 is 9.55 Å². The van der Waals surface area contributed by atoms with Crippen molar-refractivity contribution >= 4 is 29.5 Å². The standard InChI is InChI=1S/C36H35BN6O.Pt/c1-7-16-37-42(35-19-25(2)14-17-38-35)34-23-28(12-13-30(34)31-15-18-39-43(31)37)44-29-21-26(36(3,4)5)20-27(22-29)41-24-40(6)32-10-8-9-11-33(32)41;/h8-15,17-21H,7,16H2,1-6H3;/q-2;. The van der Waals surface area contributed by atoms with E-state index in [1.165, 1.54) is 5.56 Å². The fraction of sp³-hybridized carbons (Fsp3) is 0.250. The first-order valence-corrected chi connectivity index (χ1v) is 16.5. The van der Waals surface area contributed by atoms with E-state index < -0.39 is 0 Å². The fourth-order valence-corrected chi connectivity index (χ4v) is 6.94. The van der Waals surface area contributed by atoms with Gasteiger partial charge < -0.3 is 0 Å². The van der Waals surface area contributed by atoms with Crippen LogP contribution in [0.4, 0.5) is 11.5 Å². The molecule has 9 heteroatoms. The van der Waals surface area contributed by atoms with Crippen LogP contribution in [-0.4, -0.2) is 30.8 Å². The van der Waals surface area contributed by atoms with E-state index in [1.807, 2.05) is 24.5 Å². The third kappa shape index (κ3) is 5.19. The van der Waals surface area contributed by atoms with Crippen LogP contribution in [0.1, 0.15) is 45.2 Å². The van der Waals surface area contributed by atoms with Gasteiger partial charge in [0.25, 0.3) is 0 Å². The van der Waals surface area contributed by atoms with Crippen molar-refractivity contribution in [2.24, 2.45) is 7.05 Å². The number of imidazole rings is 1. The molecule has 3 aromatic carbocycles. The number of para-hydroxylation sites is 2. The maximum atomic E-state index is 6.67. The molecule has 0 unspecified atom stereocenters. The number of nitrogens with zero attached hydrogens (tertiary/aromatic N) is 6. The molecule has 0 N–H and O–H groups in total. The van der Waals surface area contributed by atoms with Crippen LogP contribution in [0, 0.1) is 22.9 Å². The molecule has 1 aliphatic rings. The molecule has 0 aliphatic carbocycles. The summed E-state index contributed by atoms with van der Waals surface area (Å²) in [5, 5.41) is 4.74. The van der Waals surface area contributed by atoms with E-state index in [0.29, 0.717) is 11.5 Å². The van der Waals surface area contributed by atoms with Gasteiger partial charge in [0.2, 0.25) is 0 Å². The van der Waals surface area contributed by atoms with Gasteiger partial charge in [-0.15, -0.1) is 0 Å². The molecule has 0 saturated carbocycles. The number of aromatic nitrogens is 5. The normalized spacial score (nSPS) is 12.9. The summed E-state index contributed by atoms with van der Waals surface area (Å²) < 4.78 is 14.3. The van der Waals surface area contributed by atoms with E-state index in [-0.39, 0.29) is 12.4 Å². The molecule has 3 aromatic heterocycles. The summed E-state index contributed by atoms with van der Waals surface area (Å²) in [5.41, 5.74) is 8.49. The summed E-state index contributed by atoms with van der Waals surface area (Å²) >= 11 is 2.39. The number of aryl methyl sites for hydroxylation is 2. The van der Waals surface area contributed by atoms with Gasteiger partial charge in [0.05, 0.1) is 0 Å². The number of fused-ring (bicyclic) bond motifs is 4. The van der Waals surface area contributed by atoms with Crippen LogP contribution in [-0.2, 0) is 31.8 Å². The third-order valence-electron chi connectivity index (χ3n) is 8.43. The first kappa shape index (κ1) is 29.5. The predicted octanol–water partition coefficient (Wildman–Crippen LogP) is 8.20. The van der Waals surface area contributed by atoms with Crippen molar-refractivity contribution < 1.29 is 24.1 Å². The Morgan fingerprint density at radius 1 is 0.933 bits per heavy atom. The van der Waals surface area contributed by atoms with Gasteiger partial charge in [0.15, 0.2) is 0 Å². The quantitative estimate of drug-likeness (QED) is 0.127. The summed E-state index contributed by atoms with van der Waals surface area (Å²) in [6.07, 6.45) is 5.65. The number of hydrogen-bond acceptors (Lipinski definition) is 4. The van der Waals surface area contributed by atoms with E-state index in [2.05, 4.69) is 146 Å². The second-order valence-electron chi connectivity index (χ2n) is 12.7. The molecule has 7 rings (SSSR count). The zero-order chi connectivity index (χ0) is 31.5. The molecule has 1 aliphatic heterocycles. The van der Waals surface area contributed by atoms with Gasteiger partial charge in [0, 0.05) is 12.4 Å². The van der Waals surface area contributed by atoms with Crippen molar-refractivity contribution in [3.63, 3.8) is 0 Å². The molecule has 0 fully saturated rings. The molecule has 0 saturated heterocycles. The number of anilines is 2. The van der Waals surface area contributed by atoms with Gasteiger partial charge in [-0.2, -0.15) is 5.10 Å². The Labute approximate surface area is 275 Å². The Kier molecular flexibility index (Phi) is 7.44. The molecule has 0 spiro atoms. The number of hydrogen-bond donors (Lipinski definition) is 0. The Hall–Kier alpha value is -4.16. The van der Waals surface area contributed by atoms with Crippen molar-refractivity contribution in [3.05, 3.63) is 106 Å². The number of pyridine rings is 1. The monoisotopic (exact) mass is 773 g/mol. The van der Waals surface area contributed by atoms with Crippen LogP contribution in [0.3, 0.4) is 0 Å². The number of benzene rings is 3. The molecule has 0 radical (unpaired) electrons. The van der Waals surface area contributed by atoms with E-state index in [4.69, 9.17) is 14.8 Å². The molecule has 230 valence electrons. The van der Waals surface area contributed by atoms with Crippen LogP contribution in [0.25, 0.3) is 28.0 Å². The minimum Gasteiger partial charge on any atom is -0.193 e. The van der Waals surface area contributed by atoms with Crippen molar-refractivity contribution in [3.8, 4) is 28.4 Å². The van der Waals surface area contributed by atoms with Crippen LogP contribution >= 0.6 is 0 Å². The first-order chi connectivity index (χ1) is 21.6. The second kappa shape index (κ2) is 11.3. The Bertz CT molecular complexity index is 2120. The van der Waals surface area contributed by atoms with Gasteiger partial charge in [-0.3, -0.25) is 0 Å². The zero-order valence-electron chi connectivity index (χ0n) is 26.4. The maximum absolute atomic E-state index is 6.67. The van der Waals surface area contributed by atoms with Crippen molar-refractivity contribution in [2.45, 2.75) is 52.8 Å². The zero-order valence-corrected chi connectivity index (χ0v) is 28.7. The van der Waals surface area contributed by atoms with Crippen molar-refractivity contribution in [1.29, 1.82) is 0 Å². The summed E-state index contributed by atoms with van der Waals surface area (Å²) in [7, 11) is 2.10.